The third-order valence-corrected chi connectivity index (χ3v) is 6.97. The van der Waals surface area contributed by atoms with Crippen LogP contribution in [0.2, 0.25) is 0 Å². The molecule has 5 nitrogen and oxygen atoms in total. The first-order valence-electron chi connectivity index (χ1n) is 11.6. The Morgan fingerprint density at radius 1 is 1.03 bits per heavy atom. The highest BCUT2D eigenvalue weighted by molar-refractivity contribution is 14.0. The van der Waals surface area contributed by atoms with Crippen molar-refractivity contribution in [2.75, 3.05) is 26.2 Å². The Labute approximate surface area is 198 Å². The smallest absolute Gasteiger partial charge is 0.222 e. The Hall–Kier alpha value is -1.31. The Bertz CT molecular complexity index is 727. The molecule has 1 aromatic rings. The van der Waals surface area contributed by atoms with Crippen LogP contribution in [0, 0.1) is 5.41 Å². The summed E-state index contributed by atoms with van der Waals surface area (Å²) in [5, 5.41) is 3.51. The van der Waals surface area contributed by atoms with E-state index in [1.807, 2.05) is 4.90 Å². The summed E-state index contributed by atoms with van der Waals surface area (Å²) in [7, 11) is 0. The molecule has 4 rings (SSSR count). The summed E-state index contributed by atoms with van der Waals surface area (Å²) >= 11 is 0. The molecular formula is C24H37IN4O. The number of carbonyl (C=O) groups is 1. The average Bonchev–Trinajstić information content (AvgIpc) is 3.33. The van der Waals surface area contributed by atoms with Crippen LogP contribution in [0.4, 0.5) is 0 Å². The maximum Gasteiger partial charge on any atom is 0.222 e. The predicted octanol–water partition coefficient (Wildman–Crippen LogP) is 4.55. The summed E-state index contributed by atoms with van der Waals surface area (Å²) in [6.45, 7) is 7.70. The molecule has 6 heteroatoms. The number of benzene rings is 1. The van der Waals surface area contributed by atoms with Gasteiger partial charge in [-0.2, -0.15) is 0 Å². The number of hydrogen-bond acceptors (Lipinski definition) is 2. The predicted molar refractivity (Wildman–Crippen MR) is 133 cm³/mol. The van der Waals surface area contributed by atoms with Gasteiger partial charge in [0.25, 0.3) is 0 Å². The lowest BCUT2D eigenvalue weighted by Gasteiger charge is -2.33. The van der Waals surface area contributed by atoms with Crippen LogP contribution in [-0.4, -0.2) is 47.8 Å². The molecule has 0 unspecified atom stereocenters. The van der Waals surface area contributed by atoms with Gasteiger partial charge >= 0.3 is 0 Å². The number of hydrogen-bond donors (Lipinski definition) is 1. The van der Waals surface area contributed by atoms with Crippen LogP contribution in [0.3, 0.4) is 0 Å². The molecule has 1 amide bonds. The van der Waals surface area contributed by atoms with Crippen molar-refractivity contribution in [2.24, 2.45) is 10.4 Å². The van der Waals surface area contributed by atoms with Crippen molar-refractivity contribution in [3.05, 3.63) is 35.4 Å². The molecule has 2 heterocycles. The van der Waals surface area contributed by atoms with E-state index in [0.717, 1.165) is 38.6 Å². The van der Waals surface area contributed by atoms with E-state index in [4.69, 9.17) is 4.99 Å². The number of guanidine groups is 1. The van der Waals surface area contributed by atoms with Gasteiger partial charge in [-0.3, -0.25) is 4.79 Å². The van der Waals surface area contributed by atoms with Crippen LogP contribution in [0.1, 0.15) is 69.4 Å². The monoisotopic (exact) mass is 524 g/mol. The minimum atomic E-state index is 0. The fourth-order valence-corrected chi connectivity index (χ4v) is 5.26. The first-order chi connectivity index (χ1) is 14.2. The molecule has 1 aromatic carbocycles. The fraction of sp³-hybridized carbons (Fsp3) is 0.667. The second kappa shape index (κ2) is 10.8. The van der Waals surface area contributed by atoms with E-state index in [-0.39, 0.29) is 29.9 Å². The van der Waals surface area contributed by atoms with Crippen molar-refractivity contribution in [3.8, 4) is 0 Å². The first kappa shape index (κ1) is 23.4. The summed E-state index contributed by atoms with van der Waals surface area (Å²) < 4.78 is 0. The molecule has 0 atom stereocenters. The Morgan fingerprint density at radius 3 is 2.43 bits per heavy atom. The maximum absolute atomic E-state index is 11.8. The topological polar surface area (TPSA) is 47.9 Å². The first-order valence-corrected chi connectivity index (χ1v) is 11.6. The van der Waals surface area contributed by atoms with Gasteiger partial charge in [-0.25, -0.2) is 4.99 Å². The fourth-order valence-electron chi connectivity index (χ4n) is 5.26. The number of amides is 1. The average molecular weight is 524 g/mol. The molecule has 0 bridgehead atoms. The number of aliphatic imine (C=N–C) groups is 1. The summed E-state index contributed by atoms with van der Waals surface area (Å²) in [6.07, 6.45) is 10.0. The van der Waals surface area contributed by atoms with Crippen LogP contribution < -0.4 is 5.32 Å². The number of carbonyl (C=O) groups excluding carboxylic acids is 1. The third-order valence-electron chi connectivity index (χ3n) is 6.97. The quantitative estimate of drug-likeness (QED) is 0.350. The highest BCUT2D eigenvalue weighted by Gasteiger charge is 2.39. The summed E-state index contributed by atoms with van der Waals surface area (Å²) in [5.74, 6) is 1.36. The largest absolute Gasteiger partial charge is 0.357 e. The van der Waals surface area contributed by atoms with Crippen molar-refractivity contribution in [1.82, 2.24) is 15.1 Å². The lowest BCUT2D eigenvalue weighted by molar-refractivity contribution is -0.128. The highest BCUT2D eigenvalue weighted by Crippen LogP contribution is 2.43. The Morgan fingerprint density at radius 2 is 1.77 bits per heavy atom. The van der Waals surface area contributed by atoms with E-state index < -0.39 is 0 Å². The van der Waals surface area contributed by atoms with Gasteiger partial charge in [0, 0.05) is 39.1 Å². The zero-order chi connectivity index (χ0) is 20.1. The van der Waals surface area contributed by atoms with Crippen LogP contribution in [-0.2, 0) is 17.9 Å². The lowest BCUT2D eigenvalue weighted by Crippen LogP contribution is -2.41. The zero-order valence-electron chi connectivity index (χ0n) is 18.4. The molecule has 3 aliphatic rings. The zero-order valence-corrected chi connectivity index (χ0v) is 20.7. The molecule has 2 aliphatic heterocycles. The van der Waals surface area contributed by atoms with Gasteiger partial charge in [0.2, 0.25) is 5.91 Å². The standard InChI is InChI=1S/C24H36N4O.HI/c1-2-25-23(28-16-14-24(19-28)12-4-3-5-13-24)26-17-20-8-10-21(11-9-20)18-27-15-6-7-22(27)29;/h8-11H,2-7,12-19H2,1H3,(H,25,26);1H. The van der Waals surface area contributed by atoms with Crippen LogP contribution >= 0.6 is 24.0 Å². The van der Waals surface area contributed by atoms with Crippen LogP contribution in [0.15, 0.2) is 29.3 Å². The molecule has 30 heavy (non-hydrogen) atoms. The van der Waals surface area contributed by atoms with E-state index in [2.05, 4.69) is 41.4 Å². The molecule has 1 aliphatic carbocycles. The minimum absolute atomic E-state index is 0. The van der Waals surface area contributed by atoms with E-state index in [1.54, 1.807) is 0 Å². The SMILES string of the molecule is CCNC(=NCc1ccc(CN2CCCC2=O)cc1)N1CCC2(CCCCC2)C1.I. The molecule has 2 saturated heterocycles. The number of likely N-dealkylation sites (tertiary alicyclic amines) is 2. The third kappa shape index (κ3) is 5.68. The van der Waals surface area contributed by atoms with Crippen LogP contribution in [0.25, 0.3) is 0 Å². The van der Waals surface area contributed by atoms with E-state index in [9.17, 15) is 4.79 Å². The normalized spacial score (nSPS) is 21.2. The van der Waals surface area contributed by atoms with Gasteiger partial charge in [0.05, 0.1) is 6.54 Å². The summed E-state index contributed by atoms with van der Waals surface area (Å²) in [5.41, 5.74) is 2.98. The van der Waals surface area contributed by atoms with Gasteiger partial charge in [-0.1, -0.05) is 43.5 Å². The van der Waals surface area contributed by atoms with Crippen molar-refractivity contribution in [3.63, 3.8) is 0 Å². The minimum Gasteiger partial charge on any atom is -0.357 e. The number of halogens is 1. The van der Waals surface area contributed by atoms with Crippen molar-refractivity contribution in [2.45, 2.75) is 71.4 Å². The van der Waals surface area contributed by atoms with Gasteiger partial charge in [-0.05, 0) is 49.1 Å². The summed E-state index contributed by atoms with van der Waals surface area (Å²) in [6, 6.07) is 8.62. The molecule has 0 radical (unpaired) electrons. The van der Waals surface area contributed by atoms with E-state index in [0.29, 0.717) is 18.4 Å². The lowest BCUT2D eigenvalue weighted by atomic mass is 9.73. The van der Waals surface area contributed by atoms with Crippen molar-refractivity contribution in [1.29, 1.82) is 0 Å². The molecule has 0 aromatic heterocycles. The molecule has 166 valence electrons. The van der Waals surface area contributed by atoms with Gasteiger partial charge < -0.3 is 15.1 Å². The van der Waals surface area contributed by atoms with E-state index >= 15 is 0 Å². The molecule has 1 saturated carbocycles. The number of rotatable bonds is 5. The van der Waals surface area contributed by atoms with Gasteiger partial charge in [0.15, 0.2) is 5.96 Å². The number of nitrogens with one attached hydrogen (secondary N) is 1. The Balaban J connectivity index is 0.00000256. The van der Waals surface area contributed by atoms with Gasteiger partial charge in [-0.15, -0.1) is 24.0 Å². The maximum atomic E-state index is 11.8. The molecule has 1 spiro atoms. The van der Waals surface area contributed by atoms with Crippen LogP contribution in [0.5, 0.6) is 0 Å². The molecule has 3 fully saturated rings. The Kier molecular flexibility index (Phi) is 8.43. The van der Waals surface area contributed by atoms with Gasteiger partial charge in [0.1, 0.15) is 0 Å². The second-order valence-electron chi connectivity index (χ2n) is 9.14. The number of nitrogens with zero attached hydrogens (tertiary/aromatic N) is 3. The highest BCUT2D eigenvalue weighted by atomic mass is 127. The van der Waals surface area contributed by atoms with Crippen molar-refractivity contribution >= 4 is 35.8 Å². The molecular weight excluding hydrogens is 487 g/mol. The van der Waals surface area contributed by atoms with E-state index in [1.165, 1.54) is 56.2 Å². The molecule has 1 N–H and O–H groups in total. The summed E-state index contributed by atoms with van der Waals surface area (Å²) in [4.78, 5) is 21.2. The second-order valence-corrected chi connectivity index (χ2v) is 9.14. The van der Waals surface area contributed by atoms with Crippen molar-refractivity contribution < 1.29 is 4.79 Å².